The van der Waals surface area contributed by atoms with Crippen molar-refractivity contribution >= 4 is 0 Å². The van der Waals surface area contributed by atoms with Crippen LogP contribution in [0.15, 0.2) is 0 Å². The molecule has 2 nitrogen and oxygen atoms in total. The Bertz CT molecular complexity index is 168. The van der Waals surface area contributed by atoms with E-state index in [1.54, 1.807) is 0 Å². The normalized spacial score (nSPS) is 27.6. The first-order valence-electron chi connectivity index (χ1n) is 6.63. The number of nitrogens with one attached hydrogen (secondary N) is 1. The van der Waals surface area contributed by atoms with Crippen molar-refractivity contribution in [3.05, 3.63) is 0 Å². The molecule has 2 heteroatoms. The maximum atomic E-state index is 3.51. The van der Waals surface area contributed by atoms with Gasteiger partial charge in [-0.05, 0) is 46.7 Å². The summed E-state index contributed by atoms with van der Waals surface area (Å²) in [5, 5.41) is 3.51. The van der Waals surface area contributed by atoms with Crippen LogP contribution in [0.5, 0.6) is 0 Å². The minimum Gasteiger partial charge on any atom is -0.315 e. The van der Waals surface area contributed by atoms with Gasteiger partial charge in [-0.25, -0.2) is 0 Å². The van der Waals surface area contributed by atoms with Gasteiger partial charge < -0.3 is 5.32 Å². The molecule has 0 radical (unpaired) electrons. The molecule has 1 saturated carbocycles. The zero-order valence-corrected chi connectivity index (χ0v) is 10.9. The van der Waals surface area contributed by atoms with E-state index < -0.39 is 0 Å². The topological polar surface area (TPSA) is 15.3 Å². The van der Waals surface area contributed by atoms with Gasteiger partial charge in [0.25, 0.3) is 0 Å². The van der Waals surface area contributed by atoms with Gasteiger partial charge in [-0.15, -0.1) is 0 Å². The Hall–Kier alpha value is -0.0800. The third-order valence-electron chi connectivity index (χ3n) is 3.67. The van der Waals surface area contributed by atoms with E-state index in [0.717, 1.165) is 6.04 Å². The number of likely N-dealkylation sites (N-methyl/N-ethyl adjacent to an activating group) is 1. The molecule has 1 aliphatic rings. The van der Waals surface area contributed by atoms with Crippen LogP contribution in [0, 0.1) is 0 Å². The molecule has 0 spiro atoms. The van der Waals surface area contributed by atoms with Crippen LogP contribution in [0.25, 0.3) is 0 Å². The predicted octanol–water partition coefficient (Wildman–Crippen LogP) is 2.64. The molecular weight excluding hydrogens is 184 g/mol. The van der Waals surface area contributed by atoms with Gasteiger partial charge in [-0.2, -0.15) is 0 Å². The van der Waals surface area contributed by atoms with Crippen molar-refractivity contribution < 1.29 is 0 Å². The van der Waals surface area contributed by atoms with Crippen molar-refractivity contribution in [3.8, 4) is 0 Å². The van der Waals surface area contributed by atoms with Crippen molar-refractivity contribution in [2.45, 2.75) is 71.0 Å². The second-order valence-electron chi connectivity index (χ2n) is 5.08. The van der Waals surface area contributed by atoms with Gasteiger partial charge in [0, 0.05) is 18.1 Å². The summed E-state index contributed by atoms with van der Waals surface area (Å²) >= 11 is 0. The van der Waals surface area contributed by atoms with Crippen molar-refractivity contribution in [1.82, 2.24) is 10.2 Å². The fourth-order valence-corrected chi connectivity index (χ4v) is 2.91. The lowest BCUT2D eigenvalue weighted by Crippen LogP contribution is -2.53. The minimum atomic E-state index is 0.684. The molecule has 0 saturated heterocycles. The fraction of sp³-hybridized carbons (Fsp3) is 1.00. The zero-order chi connectivity index (χ0) is 11.3. The van der Waals surface area contributed by atoms with Crippen LogP contribution in [0.2, 0.25) is 0 Å². The molecule has 0 aromatic heterocycles. The van der Waals surface area contributed by atoms with Crippen LogP contribution in [0.3, 0.4) is 0 Å². The summed E-state index contributed by atoms with van der Waals surface area (Å²) in [6, 6.07) is 2.17. The zero-order valence-electron chi connectivity index (χ0n) is 10.9. The van der Waals surface area contributed by atoms with E-state index in [1.807, 2.05) is 0 Å². The number of nitrogens with zero attached hydrogens (tertiary/aromatic N) is 1. The summed E-state index contributed by atoms with van der Waals surface area (Å²) in [5.41, 5.74) is 0. The lowest BCUT2D eigenvalue weighted by molar-refractivity contribution is 0.0946. The van der Waals surface area contributed by atoms with E-state index in [4.69, 9.17) is 0 Å². The maximum Gasteiger partial charge on any atom is 0.0251 e. The smallest absolute Gasteiger partial charge is 0.0251 e. The van der Waals surface area contributed by atoms with E-state index in [-0.39, 0.29) is 0 Å². The molecule has 0 bridgehead atoms. The highest BCUT2D eigenvalue weighted by molar-refractivity contribution is 4.88. The Balaban J connectivity index is 2.61. The molecule has 2 unspecified atom stereocenters. The van der Waals surface area contributed by atoms with E-state index in [1.165, 1.54) is 38.6 Å². The molecule has 2 atom stereocenters. The molecule has 1 N–H and O–H groups in total. The highest BCUT2D eigenvalue weighted by atomic mass is 15.2. The van der Waals surface area contributed by atoms with Crippen LogP contribution in [-0.2, 0) is 0 Å². The summed E-state index contributed by atoms with van der Waals surface area (Å²) < 4.78 is 0. The third-order valence-corrected chi connectivity index (χ3v) is 3.67. The third kappa shape index (κ3) is 3.46. The van der Waals surface area contributed by atoms with Gasteiger partial charge in [0.2, 0.25) is 0 Å². The summed E-state index contributed by atoms with van der Waals surface area (Å²) in [4.78, 5) is 2.69. The van der Waals surface area contributed by atoms with Gasteiger partial charge in [0.1, 0.15) is 0 Å². The molecular formula is C13H28N2. The SMILES string of the molecule is CCCN(C(C)C)C1CCCCC1NC. The van der Waals surface area contributed by atoms with E-state index in [9.17, 15) is 0 Å². The Kier molecular flexibility index (Phi) is 5.62. The molecule has 1 rings (SSSR count). The van der Waals surface area contributed by atoms with Crippen molar-refractivity contribution in [1.29, 1.82) is 0 Å². The van der Waals surface area contributed by atoms with Gasteiger partial charge in [-0.3, -0.25) is 4.90 Å². The fourth-order valence-electron chi connectivity index (χ4n) is 2.91. The van der Waals surface area contributed by atoms with Crippen LogP contribution in [-0.4, -0.2) is 36.6 Å². The standard InChI is InChI=1S/C13H28N2/c1-5-10-15(11(2)3)13-9-7-6-8-12(13)14-4/h11-14H,5-10H2,1-4H3. The summed E-state index contributed by atoms with van der Waals surface area (Å²) in [6.07, 6.45) is 6.82. The first-order chi connectivity index (χ1) is 7.20. The molecule has 0 amide bonds. The first-order valence-corrected chi connectivity index (χ1v) is 6.63. The Morgan fingerprint density at radius 2 is 1.93 bits per heavy atom. The maximum absolute atomic E-state index is 3.51. The largest absolute Gasteiger partial charge is 0.315 e. The number of hydrogen-bond acceptors (Lipinski definition) is 2. The predicted molar refractivity (Wildman–Crippen MR) is 67.2 cm³/mol. The average molecular weight is 212 g/mol. The molecule has 0 heterocycles. The monoisotopic (exact) mass is 212 g/mol. The van der Waals surface area contributed by atoms with Gasteiger partial charge in [-0.1, -0.05) is 19.8 Å². The summed E-state index contributed by atoms with van der Waals surface area (Å²) in [6.45, 7) is 8.20. The van der Waals surface area contributed by atoms with Gasteiger partial charge in [0.05, 0.1) is 0 Å². The minimum absolute atomic E-state index is 0.684. The average Bonchev–Trinajstić information content (AvgIpc) is 2.25. The Morgan fingerprint density at radius 1 is 1.27 bits per heavy atom. The second kappa shape index (κ2) is 6.49. The number of hydrogen-bond donors (Lipinski definition) is 1. The summed E-state index contributed by atoms with van der Waals surface area (Å²) in [7, 11) is 2.12. The van der Waals surface area contributed by atoms with Crippen molar-refractivity contribution in [3.63, 3.8) is 0 Å². The van der Waals surface area contributed by atoms with Crippen molar-refractivity contribution in [2.75, 3.05) is 13.6 Å². The quantitative estimate of drug-likeness (QED) is 0.753. The molecule has 15 heavy (non-hydrogen) atoms. The summed E-state index contributed by atoms with van der Waals surface area (Å²) in [5.74, 6) is 0. The lowest BCUT2D eigenvalue weighted by atomic mass is 9.88. The Morgan fingerprint density at radius 3 is 2.47 bits per heavy atom. The highest BCUT2D eigenvalue weighted by Gasteiger charge is 2.29. The van der Waals surface area contributed by atoms with Gasteiger partial charge >= 0.3 is 0 Å². The van der Waals surface area contributed by atoms with Crippen LogP contribution in [0.4, 0.5) is 0 Å². The molecule has 0 aliphatic heterocycles. The van der Waals surface area contributed by atoms with E-state index >= 15 is 0 Å². The highest BCUT2D eigenvalue weighted by Crippen LogP contribution is 2.24. The Labute approximate surface area is 95.4 Å². The molecule has 0 aromatic carbocycles. The number of rotatable bonds is 5. The van der Waals surface area contributed by atoms with E-state index in [0.29, 0.717) is 12.1 Å². The van der Waals surface area contributed by atoms with Gasteiger partial charge in [0.15, 0.2) is 0 Å². The molecule has 90 valence electrons. The van der Waals surface area contributed by atoms with Crippen LogP contribution < -0.4 is 5.32 Å². The lowest BCUT2D eigenvalue weighted by Gasteiger charge is -2.42. The van der Waals surface area contributed by atoms with E-state index in [2.05, 4.69) is 38.0 Å². The molecule has 1 aliphatic carbocycles. The molecule has 1 fully saturated rings. The molecule has 0 aromatic rings. The second-order valence-corrected chi connectivity index (χ2v) is 5.08. The van der Waals surface area contributed by atoms with Crippen molar-refractivity contribution in [2.24, 2.45) is 0 Å². The van der Waals surface area contributed by atoms with Crippen LogP contribution in [0.1, 0.15) is 52.9 Å². The van der Waals surface area contributed by atoms with Crippen LogP contribution >= 0.6 is 0 Å². The first kappa shape index (κ1) is 13.0.